The van der Waals surface area contributed by atoms with Gasteiger partial charge in [0.15, 0.2) is 0 Å². The first-order chi connectivity index (χ1) is 5.93. The molecular formula is C10H19NS. The Morgan fingerprint density at radius 3 is 2.83 bits per heavy atom. The quantitative estimate of drug-likeness (QED) is 0.504. The standard InChI is InChI=1S/C10H19NS/c1-2-7-11-8-9-12-10-5-3-4-6-10/h2,10-11H,1,3-9H2. The van der Waals surface area contributed by atoms with E-state index >= 15 is 0 Å². The Labute approximate surface area is 80.0 Å². The molecule has 0 saturated heterocycles. The summed E-state index contributed by atoms with van der Waals surface area (Å²) in [5.41, 5.74) is 0. The Morgan fingerprint density at radius 2 is 2.17 bits per heavy atom. The number of nitrogens with one attached hydrogen (secondary N) is 1. The van der Waals surface area contributed by atoms with Crippen LogP contribution in [0.2, 0.25) is 0 Å². The van der Waals surface area contributed by atoms with Gasteiger partial charge < -0.3 is 5.32 Å². The third kappa shape index (κ3) is 4.17. The van der Waals surface area contributed by atoms with Crippen molar-refractivity contribution in [3.63, 3.8) is 0 Å². The molecule has 1 rings (SSSR count). The van der Waals surface area contributed by atoms with E-state index in [-0.39, 0.29) is 0 Å². The zero-order valence-electron chi connectivity index (χ0n) is 7.72. The molecular weight excluding hydrogens is 166 g/mol. The van der Waals surface area contributed by atoms with E-state index in [2.05, 4.69) is 23.7 Å². The Morgan fingerprint density at radius 1 is 1.42 bits per heavy atom. The van der Waals surface area contributed by atoms with Crippen molar-refractivity contribution in [2.75, 3.05) is 18.8 Å². The largest absolute Gasteiger partial charge is 0.312 e. The van der Waals surface area contributed by atoms with Crippen molar-refractivity contribution in [2.24, 2.45) is 0 Å². The van der Waals surface area contributed by atoms with Crippen LogP contribution in [0.4, 0.5) is 0 Å². The molecule has 0 aliphatic heterocycles. The molecule has 1 N–H and O–H groups in total. The monoisotopic (exact) mass is 185 g/mol. The van der Waals surface area contributed by atoms with Gasteiger partial charge in [0.25, 0.3) is 0 Å². The minimum absolute atomic E-state index is 0.950. The van der Waals surface area contributed by atoms with E-state index in [0.29, 0.717) is 0 Å². The van der Waals surface area contributed by atoms with Crippen LogP contribution in [0.25, 0.3) is 0 Å². The Bertz CT molecular complexity index is 119. The normalized spacial score (nSPS) is 18.3. The molecule has 12 heavy (non-hydrogen) atoms. The Balaban J connectivity index is 1.84. The summed E-state index contributed by atoms with van der Waals surface area (Å²) in [4.78, 5) is 0. The summed E-state index contributed by atoms with van der Waals surface area (Å²) in [5, 5.41) is 4.29. The van der Waals surface area contributed by atoms with Gasteiger partial charge in [-0.2, -0.15) is 11.8 Å². The van der Waals surface area contributed by atoms with E-state index in [1.54, 1.807) is 0 Å². The van der Waals surface area contributed by atoms with E-state index in [9.17, 15) is 0 Å². The first kappa shape index (κ1) is 10.1. The molecule has 1 fully saturated rings. The number of rotatable bonds is 6. The molecule has 0 atom stereocenters. The third-order valence-corrected chi connectivity index (χ3v) is 3.61. The van der Waals surface area contributed by atoms with Crippen molar-refractivity contribution in [3.05, 3.63) is 12.7 Å². The lowest BCUT2D eigenvalue weighted by Gasteiger charge is -2.07. The van der Waals surface area contributed by atoms with Gasteiger partial charge in [0, 0.05) is 24.1 Å². The van der Waals surface area contributed by atoms with Gasteiger partial charge >= 0.3 is 0 Å². The van der Waals surface area contributed by atoms with Gasteiger partial charge in [0.1, 0.15) is 0 Å². The van der Waals surface area contributed by atoms with Crippen LogP contribution in [0.1, 0.15) is 25.7 Å². The summed E-state index contributed by atoms with van der Waals surface area (Å²) < 4.78 is 0. The van der Waals surface area contributed by atoms with Crippen LogP contribution in [-0.2, 0) is 0 Å². The van der Waals surface area contributed by atoms with Crippen LogP contribution in [0.5, 0.6) is 0 Å². The Kier molecular flexibility index (Phi) is 5.53. The lowest BCUT2D eigenvalue weighted by molar-refractivity contribution is 0.802. The molecule has 0 unspecified atom stereocenters. The molecule has 0 heterocycles. The predicted octanol–water partition coefficient (Wildman–Crippen LogP) is 2.44. The smallest absolute Gasteiger partial charge is 0.0132 e. The lowest BCUT2D eigenvalue weighted by Crippen LogP contribution is -2.17. The van der Waals surface area contributed by atoms with Gasteiger partial charge in [-0.15, -0.1) is 6.58 Å². The van der Waals surface area contributed by atoms with Crippen molar-refractivity contribution in [3.8, 4) is 0 Å². The Hall–Kier alpha value is 0.0500. The van der Waals surface area contributed by atoms with Crippen LogP contribution >= 0.6 is 11.8 Å². The maximum absolute atomic E-state index is 3.67. The van der Waals surface area contributed by atoms with E-state index in [0.717, 1.165) is 18.3 Å². The van der Waals surface area contributed by atoms with Gasteiger partial charge in [-0.3, -0.25) is 0 Å². The molecule has 1 nitrogen and oxygen atoms in total. The molecule has 1 aliphatic carbocycles. The zero-order valence-corrected chi connectivity index (χ0v) is 8.54. The first-order valence-electron chi connectivity index (χ1n) is 4.86. The fourth-order valence-electron chi connectivity index (χ4n) is 1.56. The molecule has 0 spiro atoms. The van der Waals surface area contributed by atoms with Crippen LogP contribution in [0.3, 0.4) is 0 Å². The summed E-state index contributed by atoms with van der Waals surface area (Å²) in [7, 11) is 0. The van der Waals surface area contributed by atoms with E-state index in [1.165, 1.54) is 31.4 Å². The molecule has 0 radical (unpaired) electrons. The highest BCUT2D eigenvalue weighted by atomic mass is 32.2. The average Bonchev–Trinajstić information content (AvgIpc) is 2.57. The topological polar surface area (TPSA) is 12.0 Å². The second-order valence-corrected chi connectivity index (χ2v) is 4.68. The molecule has 0 aromatic heterocycles. The third-order valence-electron chi connectivity index (χ3n) is 2.22. The summed E-state index contributed by atoms with van der Waals surface area (Å²) in [6.45, 7) is 5.75. The van der Waals surface area contributed by atoms with E-state index < -0.39 is 0 Å². The molecule has 2 heteroatoms. The highest BCUT2D eigenvalue weighted by Gasteiger charge is 2.14. The first-order valence-corrected chi connectivity index (χ1v) is 5.91. The molecule has 0 aromatic carbocycles. The molecule has 1 aliphatic rings. The van der Waals surface area contributed by atoms with Gasteiger partial charge in [-0.25, -0.2) is 0 Å². The molecule has 0 aromatic rings. The minimum atomic E-state index is 0.950. The second-order valence-electron chi connectivity index (χ2n) is 3.27. The van der Waals surface area contributed by atoms with Crippen LogP contribution in [0, 0.1) is 0 Å². The van der Waals surface area contributed by atoms with Crippen LogP contribution < -0.4 is 5.32 Å². The van der Waals surface area contributed by atoms with Crippen molar-refractivity contribution in [2.45, 2.75) is 30.9 Å². The zero-order chi connectivity index (χ0) is 8.65. The molecule has 0 bridgehead atoms. The molecule has 1 saturated carbocycles. The van der Waals surface area contributed by atoms with Gasteiger partial charge in [-0.05, 0) is 12.8 Å². The summed E-state index contributed by atoms with van der Waals surface area (Å²) in [6.07, 6.45) is 7.73. The van der Waals surface area contributed by atoms with E-state index in [4.69, 9.17) is 0 Å². The van der Waals surface area contributed by atoms with Gasteiger partial charge in [0.2, 0.25) is 0 Å². The number of hydrogen-bond donors (Lipinski definition) is 1. The van der Waals surface area contributed by atoms with Crippen molar-refractivity contribution in [1.29, 1.82) is 0 Å². The lowest BCUT2D eigenvalue weighted by atomic mass is 10.4. The summed E-state index contributed by atoms with van der Waals surface area (Å²) >= 11 is 2.14. The minimum Gasteiger partial charge on any atom is -0.312 e. The molecule has 70 valence electrons. The van der Waals surface area contributed by atoms with Crippen molar-refractivity contribution in [1.82, 2.24) is 5.32 Å². The maximum atomic E-state index is 3.67. The summed E-state index contributed by atoms with van der Waals surface area (Å²) in [6, 6.07) is 0. The average molecular weight is 185 g/mol. The summed E-state index contributed by atoms with van der Waals surface area (Å²) in [5.74, 6) is 1.26. The fourth-order valence-corrected chi connectivity index (χ4v) is 2.82. The van der Waals surface area contributed by atoms with Crippen LogP contribution in [-0.4, -0.2) is 24.1 Å². The van der Waals surface area contributed by atoms with E-state index in [1.807, 2.05) is 6.08 Å². The van der Waals surface area contributed by atoms with Crippen molar-refractivity contribution < 1.29 is 0 Å². The van der Waals surface area contributed by atoms with Crippen molar-refractivity contribution >= 4 is 11.8 Å². The maximum Gasteiger partial charge on any atom is 0.0132 e. The number of thioether (sulfide) groups is 1. The molecule has 0 amide bonds. The van der Waals surface area contributed by atoms with Gasteiger partial charge in [0.05, 0.1) is 0 Å². The van der Waals surface area contributed by atoms with Gasteiger partial charge in [-0.1, -0.05) is 18.9 Å². The predicted molar refractivity (Wildman–Crippen MR) is 57.8 cm³/mol. The SMILES string of the molecule is C=CCNCCSC1CCCC1. The number of hydrogen-bond acceptors (Lipinski definition) is 2. The van der Waals surface area contributed by atoms with Crippen LogP contribution in [0.15, 0.2) is 12.7 Å². The highest BCUT2D eigenvalue weighted by molar-refractivity contribution is 7.99. The second kappa shape index (κ2) is 6.55. The highest BCUT2D eigenvalue weighted by Crippen LogP contribution is 2.28. The fraction of sp³-hybridized carbons (Fsp3) is 0.800.